The number of hydrogen-bond donors (Lipinski definition) is 1. The summed E-state index contributed by atoms with van der Waals surface area (Å²) in [6, 6.07) is 5.74. The largest absolute Gasteiger partial charge is 0.496 e. The normalized spacial score (nSPS) is 16.1. The van der Waals surface area contributed by atoms with E-state index in [1.54, 1.807) is 7.11 Å². The Morgan fingerprint density at radius 3 is 2.71 bits per heavy atom. The number of carbonyl (C=O) groups is 1. The highest BCUT2D eigenvalue weighted by Crippen LogP contribution is 2.39. The van der Waals surface area contributed by atoms with Gasteiger partial charge in [-0.2, -0.15) is 0 Å². The average molecular weight is 234 g/mol. The third-order valence-corrected chi connectivity index (χ3v) is 3.44. The van der Waals surface area contributed by atoms with Crippen molar-refractivity contribution in [3.63, 3.8) is 0 Å². The minimum atomic E-state index is -0.785. The molecule has 3 heteroatoms. The topological polar surface area (TPSA) is 46.5 Å². The smallest absolute Gasteiger partial charge is 0.307 e. The minimum absolute atomic E-state index is 0.0870. The van der Waals surface area contributed by atoms with Crippen LogP contribution in [0.4, 0.5) is 0 Å². The van der Waals surface area contributed by atoms with Crippen molar-refractivity contribution in [2.24, 2.45) is 0 Å². The monoisotopic (exact) mass is 234 g/mol. The van der Waals surface area contributed by atoms with Gasteiger partial charge in [-0.05, 0) is 36.0 Å². The summed E-state index contributed by atoms with van der Waals surface area (Å²) in [5, 5.41) is 8.82. The van der Waals surface area contributed by atoms with E-state index in [1.807, 2.05) is 18.2 Å². The molecule has 0 aliphatic heterocycles. The molecule has 1 fully saturated rings. The fourth-order valence-corrected chi connectivity index (χ4v) is 2.62. The third kappa shape index (κ3) is 2.78. The summed E-state index contributed by atoms with van der Waals surface area (Å²) in [5.74, 6) is 0.650. The summed E-state index contributed by atoms with van der Waals surface area (Å²) in [7, 11) is 1.67. The molecule has 3 nitrogen and oxygen atoms in total. The highest BCUT2D eigenvalue weighted by atomic mass is 16.5. The van der Waals surface area contributed by atoms with Gasteiger partial charge in [0.2, 0.25) is 0 Å². The van der Waals surface area contributed by atoms with Gasteiger partial charge in [0.25, 0.3) is 0 Å². The van der Waals surface area contributed by atoms with Crippen LogP contribution in [0.25, 0.3) is 0 Å². The van der Waals surface area contributed by atoms with E-state index in [0.717, 1.165) is 11.3 Å². The van der Waals surface area contributed by atoms with Crippen molar-refractivity contribution in [2.75, 3.05) is 7.11 Å². The second-order valence-electron chi connectivity index (χ2n) is 4.63. The van der Waals surface area contributed by atoms with Gasteiger partial charge >= 0.3 is 5.97 Å². The highest BCUT2D eigenvalue weighted by molar-refractivity contribution is 5.70. The van der Waals surface area contributed by atoms with Gasteiger partial charge in [-0.3, -0.25) is 4.79 Å². The standard InChI is InChI=1S/C14H18O3/c1-17-13-7-6-10(9-14(15)16)8-12(13)11-4-2-3-5-11/h6-8,11H,2-5,9H2,1H3,(H,15,16). The number of carboxylic acid groups (broad SMARTS) is 1. The van der Waals surface area contributed by atoms with Crippen LogP contribution < -0.4 is 4.74 Å². The number of carboxylic acids is 1. The molecule has 1 aromatic rings. The lowest BCUT2D eigenvalue weighted by molar-refractivity contribution is -0.136. The molecule has 1 N–H and O–H groups in total. The summed E-state index contributed by atoms with van der Waals surface area (Å²) in [4.78, 5) is 10.7. The molecule has 1 saturated carbocycles. The number of ether oxygens (including phenoxy) is 1. The summed E-state index contributed by atoms with van der Waals surface area (Å²) in [6.45, 7) is 0. The van der Waals surface area contributed by atoms with Crippen LogP contribution in [0.1, 0.15) is 42.7 Å². The molecule has 0 bridgehead atoms. The Hall–Kier alpha value is -1.51. The summed E-state index contributed by atoms with van der Waals surface area (Å²) in [6.07, 6.45) is 4.98. The molecule has 0 saturated heterocycles. The van der Waals surface area contributed by atoms with E-state index in [2.05, 4.69) is 0 Å². The molecule has 0 heterocycles. The van der Waals surface area contributed by atoms with Crippen molar-refractivity contribution in [1.82, 2.24) is 0 Å². The molecule has 17 heavy (non-hydrogen) atoms. The molecule has 1 aromatic carbocycles. The third-order valence-electron chi connectivity index (χ3n) is 3.44. The molecular weight excluding hydrogens is 216 g/mol. The maximum atomic E-state index is 10.7. The molecule has 0 spiro atoms. The first-order chi connectivity index (χ1) is 8.20. The quantitative estimate of drug-likeness (QED) is 0.871. The maximum absolute atomic E-state index is 10.7. The SMILES string of the molecule is COc1ccc(CC(=O)O)cc1C1CCCC1. The van der Waals surface area contributed by atoms with Crippen molar-refractivity contribution in [2.45, 2.75) is 38.0 Å². The number of aliphatic carboxylic acids is 1. The van der Waals surface area contributed by atoms with Gasteiger partial charge in [0, 0.05) is 0 Å². The molecule has 0 aromatic heterocycles. The fourth-order valence-electron chi connectivity index (χ4n) is 2.62. The molecule has 0 amide bonds. The van der Waals surface area contributed by atoms with Gasteiger partial charge < -0.3 is 9.84 Å². The second-order valence-corrected chi connectivity index (χ2v) is 4.63. The molecule has 1 aliphatic rings. The molecule has 0 radical (unpaired) electrons. The first-order valence-electron chi connectivity index (χ1n) is 6.09. The Morgan fingerprint density at radius 1 is 1.41 bits per heavy atom. The average Bonchev–Trinajstić information content (AvgIpc) is 2.81. The van der Waals surface area contributed by atoms with Gasteiger partial charge in [0.1, 0.15) is 5.75 Å². The Kier molecular flexibility index (Phi) is 3.67. The number of benzene rings is 1. The zero-order valence-electron chi connectivity index (χ0n) is 10.1. The van der Waals surface area contributed by atoms with Crippen LogP contribution in [-0.4, -0.2) is 18.2 Å². The van der Waals surface area contributed by atoms with Gasteiger partial charge in [-0.1, -0.05) is 25.0 Å². The molecule has 0 atom stereocenters. The van der Waals surface area contributed by atoms with Crippen molar-refractivity contribution in [3.8, 4) is 5.75 Å². The van der Waals surface area contributed by atoms with Crippen LogP contribution in [0.5, 0.6) is 5.75 Å². The van der Waals surface area contributed by atoms with Crippen molar-refractivity contribution >= 4 is 5.97 Å². The lowest BCUT2D eigenvalue weighted by atomic mass is 9.94. The number of methoxy groups -OCH3 is 1. The zero-order chi connectivity index (χ0) is 12.3. The lowest BCUT2D eigenvalue weighted by Gasteiger charge is -2.15. The Labute approximate surface area is 101 Å². The van der Waals surface area contributed by atoms with E-state index in [4.69, 9.17) is 9.84 Å². The minimum Gasteiger partial charge on any atom is -0.496 e. The van der Waals surface area contributed by atoms with E-state index in [1.165, 1.54) is 31.2 Å². The van der Waals surface area contributed by atoms with Gasteiger partial charge in [-0.15, -0.1) is 0 Å². The first-order valence-corrected chi connectivity index (χ1v) is 6.09. The summed E-state index contributed by atoms with van der Waals surface area (Å²) >= 11 is 0. The van der Waals surface area contributed by atoms with Crippen molar-refractivity contribution in [1.29, 1.82) is 0 Å². The molecule has 1 aliphatic carbocycles. The first kappa shape index (κ1) is 12.0. The van der Waals surface area contributed by atoms with Crippen LogP contribution in [0.15, 0.2) is 18.2 Å². The predicted octanol–water partition coefficient (Wildman–Crippen LogP) is 2.98. The fraction of sp³-hybridized carbons (Fsp3) is 0.500. The van der Waals surface area contributed by atoms with E-state index in [-0.39, 0.29) is 6.42 Å². The van der Waals surface area contributed by atoms with Crippen LogP contribution in [0, 0.1) is 0 Å². The molecule has 2 rings (SSSR count). The second kappa shape index (κ2) is 5.21. The molecule has 92 valence electrons. The maximum Gasteiger partial charge on any atom is 0.307 e. The summed E-state index contributed by atoms with van der Waals surface area (Å²) < 4.78 is 5.37. The number of rotatable bonds is 4. The lowest BCUT2D eigenvalue weighted by Crippen LogP contribution is -2.03. The Bertz CT molecular complexity index is 406. The molecule has 0 unspecified atom stereocenters. The predicted molar refractivity (Wildman–Crippen MR) is 65.5 cm³/mol. The number of hydrogen-bond acceptors (Lipinski definition) is 2. The van der Waals surface area contributed by atoms with Crippen LogP contribution in [0.3, 0.4) is 0 Å². The highest BCUT2D eigenvalue weighted by Gasteiger charge is 2.21. The zero-order valence-corrected chi connectivity index (χ0v) is 10.1. The molecular formula is C14H18O3. The van der Waals surface area contributed by atoms with Crippen molar-refractivity contribution < 1.29 is 14.6 Å². The Morgan fingerprint density at radius 2 is 2.12 bits per heavy atom. The van der Waals surface area contributed by atoms with E-state index in [9.17, 15) is 4.79 Å². The van der Waals surface area contributed by atoms with Gasteiger partial charge in [0.05, 0.1) is 13.5 Å². The van der Waals surface area contributed by atoms with Crippen LogP contribution in [0.2, 0.25) is 0 Å². The van der Waals surface area contributed by atoms with Crippen molar-refractivity contribution in [3.05, 3.63) is 29.3 Å². The van der Waals surface area contributed by atoms with E-state index >= 15 is 0 Å². The van der Waals surface area contributed by atoms with Crippen LogP contribution >= 0.6 is 0 Å². The van der Waals surface area contributed by atoms with Crippen LogP contribution in [-0.2, 0) is 11.2 Å². The van der Waals surface area contributed by atoms with E-state index in [0.29, 0.717) is 5.92 Å². The van der Waals surface area contributed by atoms with Gasteiger partial charge in [-0.25, -0.2) is 0 Å². The van der Waals surface area contributed by atoms with E-state index < -0.39 is 5.97 Å². The Balaban J connectivity index is 2.28. The van der Waals surface area contributed by atoms with Gasteiger partial charge in [0.15, 0.2) is 0 Å². The summed E-state index contributed by atoms with van der Waals surface area (Å²) in [5.41, 5.74) is 2.05.